The minimum absolute atomic E-state index is 0.169. The lowest BCUT2D eigenvalue weighted by Gasteiger charge is -2.13. The molecule has 0 N–H and O–H groups in total. The van der Waals surface area contributed by atoms with E-state index in [1.54, 1.807) is 6.07 Å². The summed E-state index contributed by atoms with van der Waals surface area (Å²) in [5, 5.41) is 3.90. The molecule has 28 heavy (non-hydrogen) atoms. The van der Waals surface area contributed by atoms with E-state index in [0.29, 0.717) is 23.1 Å². The van der Waals surface area contributed by atoms with Crippen LogP contribution in [-0.2, 0) is 11.3 Å². The molecule has 0 bridgehead atoms. The van der Waals surface area contributed by atoms with Gasteiger partial charge in [0.1, 0.15) is 11.3 Å². The summed E-state index contributed by atoms with van der Waals surface area (Å²) in [6.45, 7) is -0.183. The van der Waals surface area contributed by atoms with Crippen molar-refractivity contribution >= 4 is 21.9 Å². The standard InChI is InChI=1S/C19H17BrN2O6/c1-24-14-9-16(26-3)15(25-2)8-13(14)19(23)27-10-17-21-18(22-28-17)11-5-4-6-12(20)7-11/h4-9H,10H2,1-3H3. The number of benzene rings is 2. The van der Waals surface area contributed by atoms with Crippen LogP contribution in [0.15, 0.2) is 45.4 Å². The minimum atomic E-state index is -0.625. The molecular weight excluding hydrogens is 432 g/mol. The molecule has 0 unspecified atom stereocenters. The molecule has 3 aromatic rings. The van der Waals surface area contributed by atoms with Gasteiger partial charge < -0.3 is 23.5 Å². The maximum atomic E-state index is 12.5. The van der Waals surface area contributed by atoms with E-state index in [1.165, 1.54) is 27.4 Å². The second-order valence-electron chi connectivity index (χ2n) is 5.51. The van der Waals surface area contributed by atoms with E-state index in [9.17, 15) is 4.79 Å². The molecule has 0 aliphatic heterocycles. The number of hydrogen-bond acceptors (Lipinski definition) is 8. The minimum Gasteiger partial charge on any atom is -0.496 e. The van der Waals surface area contributed by atoms with Crippen LogP contribution >= 0.6 is 15.9 Å². The Balaban J connectivity index is 1.74. The van der Waals surface area contributed by atoms with Crippen molar-refractivity contribution < 1.29 is 28.3 Å². The van der Waals surface area contributed by atoms with E-state index in [2.05, 4.69) is 26.1 Å². The smallest absolute Gasteiger partial charge is 0.342 e. The highest BCUT2D eigenvalue weighted by atomic mass is 79.9. The highest BCUT2D eigenvalue weighted by Crippen LogP contribution is 2.35. The zero-order valence-corrected chi connectivity index (χ0v) is 17.0. The number of hydrogen-bond donors (Lipinski definition) is 0. The molecule has 0 spiro atoms. The first-order valence-electron chi connectivity index (χ1n) is 8.11. The molecule has 0 radical (unpaired) electrons. The summed E-state index contributed by atoms with van der Waals surface area (Å²) in [4.78, 5) is 16.7. The average molecular weight is 449 g/mol. The summed E-state index contributed by atoms with van der Waals surface area (Å²) >= 11 is 3.39. The summed E-state index contributed by atoms with van der Waals surface area (Å²) in [6.07, 6.45) is 0. The Hall–Kier alpha value is -3.07. The maximum absolute atomic E-state index is 12.5. The predicted molar refractivity (Wildman–Crippen MR) is 103 cm³/mol. The second kappa shape index (κ2) is 8.75. The Morgan fingerprint density at radius 2 is 1.75 bits per heavy atom. The molecule has 1 heterocycles. The number of carbonyl (C=O) groups excluding carboxylic acids is 1. The largest absolute Gasteiger partial charge is 0.496 e. The van der Waals surface area contributed by atoms with E-state index in [1.807, 2.05) is 24.3 Å². The fraction of sp³-hybridized carbons (Fsp3) is 0.211. The third kappa shape index (κ3) is 4.25. The lowest BCUT2D eigenvalue weighted by Crippen LogP contribution is -2.08. The van der Waals surface area contributed by atoms with Crippen molar-refractivity contribution in [3.05, 3.63) is 52.3 Å². The molecule has 0 saturated carbocycles. The van der Waals surface area contributed by atoms with E-state index in [0.717, 1.165) is 10.0 Å². The zero-order chi connectivity index (χ0) is 20.1. The van der Waals surface area contributed by atoms with Crippen molar-refractivity contribution in [2.24, 2.45) is 0 Å². The first-order chi connectivity index (χ1) is 13.5. The van der Waals surface area contributed by atoms with Crippen molar-refractivity contribution in [2.45, 2.75) is 6.61 Å². The van der Waals surface area contributed by atoms with Gasteiger partial charge in [0.2, 0.25) is 5.82 Å². The third-order valence-corrected chi connectivity index (χ3v) is 4.30. The van der Waals surface area contributed by atoms with Crippen LogP contribution in [0.3, 0.4) is 0 Å². The maximum Gasteiger partial charge on any atom is 0.342 e. The van der Waals surface area contributed by atoms with Crippen molar-refractivity contribution in [3.8, 4) is 28.6 Å². The van der Waals surface area contributed by atoms with Gasteiger partial charge >= 0.3 is 5.97 Å². The van der Waals surface area contributed by atoms with Crippen LogP contribution in [-0.4, -0.2) is 37.4 Å². The highest BCUT2D eigenvalue weighted by molar-refractivity contribution is 9.10. The van der Waals surface area contributed by atoms with Crippen LogP contribution in [0.25, 0.3) is 11.4 Å². The van der Waals surface area contributed by atoms with Crippen molar-refractivity contribution in [1.29, 1.82) is 0 Å². The Morgan fingerprint density at radius 1 is 1.04 bits per heavy atom. The number of nitrogens with zero attached hydrogens (tertiary/aromatic N) is 2. The van der Waals surface area contributed by atoms with Crippen molar-refractivity contribution in [1.82, 2.24) is 10.1 Å². The Morgan fingerprint density at radius 3 is 2.43 bits per heavy atom. The molecule has 0 aliphatic rings. The number of rotatable bonds is 7. The van der Waals surface area contributed by atoms with E-state index >= 15 is 0 Å². The Labute approximate surface area is 169 Å². The number of esters is 1. The first kappa shape index (κ1) is 19.7. The molecule has 8 nitrogen and oxygen atoms in total. The highest BCUT2D eigenvalue weighted by Gasteiger charge is 2.20. The molecule has 9 heteroatoms. The summed E-state index contributed by atoms with van der Waals surface area (Å²) in [5.74, 6) is 1.05. The molecule has 146 valence electrons. The summed E-state index contributed by atoms with van der Waals surface area (Å²) in [5.41, 5.74) is 0.962. The molecular formula is C19H17BrN2O6. The molecule has 0 amide bonds. The van der Waals surface area contributed by atoms with Gasteiger partial charge in [0.15, 0.2) is 18.1 Å². The molecule has 0 aliphatic carbocycles. The van der Waals surface area contributed by atoms with Crippen molar-refractivity contribution in [3.63, 3.8) is 0 Å². The SMILES string of the molecule is COc1cc(OC)c(C(=O)OCc2nc(-c3cccc(Br)c3)no2)cc1OC. The van der Waals surface area contributed by atoms with Crippen molar-refractivity contribution in [2.75, 3.05) is 21.3 Å². The van der Waals surface area contributed by atoms with Crippen LogP contribution in [0.4, 0.5) is 0 Å². The van der Waals surface area contributed by atoms with Crippen LogP contribution in [0.2, 0.25) is 0 Å². The number of methoxy groups -OCH3 is 3. The first-order valence-corrected chi connectivity index (χ1v) is 8.90. The summed E-state index contributed by atoms with van der Waals surface area (Å²) in [6, 6.07) is 10.5. The van der Waals surface area contributed by atoms with Crippen LogP contribution in [0, 0.1) is 0 Å². The molecule has 0 saturated heterocycles. The number of aromatic nitrogens is 2. The van der Waals surface area contributed by atoms with Gasteiger partial charge in [-0.3, -0.25) is 0 Å². The lowest BCUT2D eigenvalue weighted by atomic mass is 10.1. The monoisotopic (exact) mass is 448 g/mol. The summed E-state index contributed by atoms with van der Waals surface area (Å²) < 4.78 is 27.0. The van der Waals surface area contributed by atoms with Gasteiger partial charge in [-0.2, -0.15) is 4.98 Å². The van der Waals surface area contributed by atoms with E-state index < -0.39 is 5.97 Å². The fourth-order valence-corrected chi connectivity index (χ4v) is 2.85. The lowest BCUT2D eigenvalue weighted by molar-refractivity contribution is 0.0425. The van der Waals surface area contributed by atoms with Crippen LogP contribution in [0.5, 0.6) is 17.2 Å². The van der Waals surface area contributed by atoms with Gasteiger partial charge in [-0.05, 0) is 12.1 Å². The zero-order valence-electron chi connectivity index (χ0n) is 15.4. The van der Waals surface area contributed by atoms with E-state index in [-0.39, 0.29) is 18.1 Å². The summed E-state index contributed by atoms with van der Waals surface area (Å²) in [7, 11) is 4.41. The molecule has 2 aromatic carbocycles. The predicted octanol–water partition coefficient (Wildman–Crippen LogP) is 3.88. The van der Waals surface area contributed by atoms with Crippen LogP contribution in [0.1, 0.15) is 16.2 Å². The third-order valence-electron chi connectivity index (χ3n) is 3.80. The van der Waals surface area contributed by atoms with Gasteiger partial charge in [-0.25, -0.2) is 4.79 Å². The second-order valence-corrected chi connectivity index (χ2v) is 6.42. The van der Waals surface area contributed by atoms with Gasteiger partial charge in [0.05, 0.1) is 21.3 Å². The topological polar surface area (TPSA) is 92.9 Å². The fourth-order valence-electron chi connectivity index (χ4n) is 2.45. The number of carbonyl (C=O) groups is 1. The van der Waals surface area contributed by atoms with Gasteiger partial charge in [-0.15, -0.1) is 0 Å². The van der Waals surface area contributed by atoms with Gasteiger partial charge in [-0.1, -0.05) is 33.2 Å². The molecule has 0 atom stereocenters. The quantitative estimate of drug-likeness (QED) is 0.502. The van der Waals surface area contributed by atoms with Gasteiger partial charge in [0.25, 0.3) is 5.89 Å². The van der Waals surface area contributed by atoms with Crippen LogP contribution < -0.4 is 14.2 Å². The normalized spacial score (nSPS) is 10.4. The van der Waals surface area contributed by atoms with Gasteiger partial charge in [0, 0.05) is 22.2 Å². The average Bonchev–Trinajstić information content (AvgIpc) is 3.20. The number of ether oxygens (including phenoxy) is 4. The Kier molecular flexibility index (Phi) is 6.15. The molecule has 1 aromatic heterocycles. The molecule has 3 rings (SSSR count). The number of halogens is 1. The van der Waals surface area contributed by atoms with E-state index in [4.69, 9.17) is 23.5 Å². The Bertz CT molecular complexity index is 988. The molecule has 0 fully saturated rings.